The molecule has 0 aromatic carbocycles. The number of unbranched alkanes of at least 4 members (excludes halogenated alkanes) is 4. The van der Waals surface area contributed by atoms with Crippen molar-refractivity contribution >= 4 is 5.97 Å². The van der Waals surface area contributed by atoms with Crippen LogP contribution in [-0.4, -0.2) is 17.6 Å². The second-order valence-electron chi connectivity index (χ2n) is 3.77. The summed E-state index contributed by atoms with van der Waals surface area (Å²) in [5, 5.41) is 8.90. The number of rotatable bonds is 7. The summed E-state index contributed by atoms with van der Waals surface area (Å²) < 4.78 is 0. The average Bonchev–Trinajstić information content (AvgIpc) is 2.26. The molecular formula is C13H22NO2+. The Bertz CT molecular complexity index is 284. The van der Waals surface area contributed by atoms with Crippen LogP contribution in [0.15, 0.2) is 11.6 Å². The Morgan fingerprint density at radius 3 is 2.50 bits per heavy atom. The lowest BCUT2D eigenvalue weighted by molar-refractivity contribution is -0.132. The molecule has 0 aliphatic heterocycles. The molecule has 16 heavy (non-hydrogen) atoms. The molecule has 0 unspecified atom stereocenters. The van der Waals surface area contributed by atoms with Gasteiger partial charge in [0.1, 0.15) is 0 Å². The van der Waals surface area contributed by atoms with Crippen LogP contribution in [0.25, 0.3) is 4.85 Å². The molecule has 3 nitrogen and oxygen atoms in total. The van der Waals surface area contributed by atoms with Gasteiger partial charge in [0.15, 0.2) is 5.57 Å². The quantitative estimate of drug-likeness (QED) is 0.407. The Kier molecular flexibility index (Phi) is 9.39. The van der Waals surface area contributed by atoms with Gasteiger partial charge in [-0.05, 0) is 19.3 Å². The second kappa shape index (κ2) is 10.2. The van der Waals surface area contributed by atoms with E-state index < -0.39 is 5.97 Å². The molecule has 0 rings (SSSR count). The highest BCUT2D eigenvalue weighted by atomic mass is 16.4. The maximum Gasteiger partial charge on any atom is 0.350 e. The Balaban J connectivity index is 4.13. The van der Waals surface area contributed by atoms with Gasteiger partial charge in [-0.25, -0.2) is 4.79 Å². The van der Waals surface area contributed by atoms with Crippen molar-refractivity contribution in [1.82, 2.24) is 0 Å². The molecule has 0 spiro atoms. The molecule has 0 aromatic rings. The summed E-state index contributed by atoms with van der Waals surface area (Å²) in [6.45, 7) is 4.87. The second-order valence-corrected chi connectivity index (χ2v) is 3.77. The van der Waals surface area contributed by atoms with E-state index in [9.17, 15) is 4.79 Å². The first kappa shape index (κ1) is 14.7. The molecule has 0 bridgehead atoms. The maximum atomic E-state index is 10.8. The first-order valence-corrected chi connectivity index (χ1v) is 6.08. The van der Waals surface area contributed by atoms with Crippen molar-refractivity contribution in [2.75, 3.05) is 6.54 Å². The van der Waals surface area contributed by atoms with Crippen molar-refractivity contribution in [2.24, 2.45) is 0 Å². The molecule has 0 aliphatic carbocycles. The number of nitrogens with zero attached hydrogens (tertiary/aromatic N) is 1. The number of hydrogen-bond acceptors (Lipinski definition) is 1. The van der Waals surface area contributed by atoms with Crippen LogP contribution < -0.4 is 0 Å². The summed E-state index contributed by atoms with van der Waals surface area (Å²) in [7, 11) is 0. The summed E-state index contributed by atoms with van der Waals surface area (Å²) in [6, 6.07) is 2.62. The van der Waals surface area contributed by atoms with Gasteiger partial charge in [-0.15, -0.1) is 0 Å². The van der Waals surface area contributed by atoms with E-state index in [0.29, 0.717) is 6.54 Å². The molecular weight excluding hydrogens is 202 g/mol. The van der Waals surface area contributed by atoms with Crippen molar-refractivity contribution in [3.05, 3.63) is 16.5 Å². The van der Waals surface area contributed by atoms with E-state index in [1.807, 2.05) is 0 Å². The molecule has 0 saturated carbocycles. The van der Waals surface area contributed by atoms with Crippen LogP contribution in [0.3, 0.4) is 0 Å². The maximum absolute atomic E-state index is 10.8. The molecule has 0 heterocycles. The monoisotopic (exact) mass is 224 g/mol. The van der Waals surface area contributed by atoms with Gasteiger partial charge in [-0.2, -0.15) is 0 Å². The third kappa shape index (κ3) is 8.05. The minimum atomic E-state index is -0.934. The van der Waals surface area contributed by atoms with E-state index in [1.54, 1.807) is 6.08 Å². The lowest BCUT2D eigenvalue weighted by Gasteiger charge is -1.91. The normalized spacial score (nSPS) is 10.8. The van der Waals surface area contributed by atoms with Crippen molar-refractivity contribution in [1.29, 1.82) is 0 Å². The summed E-state index contributed by atoms with van der Waals surface area (Å²) >= 11 is 0. The summed E-state index contributed by atoms with van der Waals surface area (Å²) in [6.07, 6.45) is 7.87. The van der Waals surface area contributed by atoms with Gasteiger partial charge in [0, 0.05) is 6.42 Å². The highest BCUT2D eigenvalue weighted by molar-refractivity contribution is 5.91. The average molecular weight is 224 g/mol. The van der Waals surface area contributed by atoms with Gasteiger partial charge < -0.3 is 5.11 Å². The summed E-state index contributed by atoms with van der Waals surface area (Å²) in [4.78, 5) is 14.8. The minimum absolute atomic E-state index is 0.201. The van der Waals surface area contributed by atoms with Gasteiger partial charge in [0.25, 0.3) is 6.54 Å². The highest BCUT2D eigenvalue weighted by Crippen LogP contribution is 2.03. The fourth-order valence-corrected chi connectivity index (χ4v) is 1.20. The van der Waals surface area contributed by atoms with E-state index in [1.165, 1.54) is 0 Å². The number of carboxylic acid groups (broad SMARTS) is 1. The smallest absolute Gasteiger partial charge is 0.350 e. The largest absolute Gasteiger partial charge is 0.477 e. The van der Waals surface area contributed by atoms with Gasteiger partial charge in [0.05, 0.1) is 0 Å². The van der Waals surface area contributed by atoms with Crippen molar-refractivity contribution in [2.45, 2.75) is 52.4 Å². The van der Waals surface area contributed by atoms with Crippen LogP contribution in [0, 0.1) is 6.07 Å². The van der Waals surface area contributed by atoms with Gasteiger partial charge in [-0.3, -0.25) is 0 Å². The third-order valence-electron chi connectivity index (χ3n) is 2.21. The zero-order chi connectivity index (χ0) is 12.2. The molecule has 3 heteroatoms. The third-order valence-corrected chi connectivity index (χ3v) is 2.21. The lowest BCUT2D eigenvalue weighted by Crippen LogP contribution is -1.97. The predicted molar refractivity (Wildman–Crippen MR) is 66.9 cm³/mol. The molecule has 90 valence electrons. The molecule has 0 aromatic heterocycles. The van der Waals surface area contributed by atoms with Crippen molar-refractivity contribution in [3.8, 4) is 6.07 Å². The topological polar surface area (TPSA) is 41.7 Å². The summed E-state index contributed by atoms with van der Waals surface area (Å²) in [5.41, 5.74) is 0.201. The van der Waals surface area contributed by atoms with E-state index in [4.69, 9.17) is 5.11 Å². The zero-order valence-electron chi connectivity index (χ0n) is 10.3. The van der Waals surface area contributed by atoms with E-state index in [0.717, 1.165) is 38.5 Å². The Morgan fingerprint density at radius 2 is 1.94 bits per heavy atom. The lowest BCUT2D eigenvalue weighted by atomic mass is 10.1. The first-order valence-electron chi connectivity index (χ1n) is 6.08. The van der Waals surface area contributed by atoms with Gasteiger partial charge in [0.2, 0.25) is 0 Å². The Hall–Kier alpha value is -1.30. The van der Waals surface area contributed by atoms with E-state index >= 15 is 0 Å². The first-order chi connectivity index (χ1) is 7.72. The summed E-state index contributed by atoms with van der Waals surface area (Å²) in [5.74, 6) is -0.934. The van der Waals surface area contributed by atoms with Crippen molar-refractivity contribution in [3.63, 3.8) is 0 Å². The SMILES string of the molecule is CCCCCC=C(C#[N+]CCCC)C(=O)O. The molecule has 1 N–H and O–H groups in total. The molecule has 0 atom stereocenters. The molecule has 0 aliphatic rings. The van der Waals surface area contributed by atoms with Crippen LogP contribution in [0.2, 0.25) is 0 Å². The molecule has 0 amide bonds. The van der Waals surface area contributed by atoms with Crippen molar-refractivity contribution < 1.29 is 9.90 Å². The minimum Gasteiger partial charge on any atom is -0.477 e. The van der Waals surface area contributed by atoms with Crippen LogP contribution in [0.5, 0.6) is 0 Å². The van der Waals surface area contributed by atoms with Crippen LogP contribution in [-0.2, 0) is 4.79 Å². The molecule has 0 radical (unpaired) electrons. The number of carboxylic acids is 1. The number of allylic oxidation sites excluding steroid dienone is 1. The van der Waals surface area contributed by atoms with E-state index in [-0.39, 0.29) is 5.57 Å². The predicted octanol–water partition coefficient (Wildman–Crippen LogP) is 3.71. The molecule has 0 fully saturated rings. The van der Waals surface area contributed by atoms with E-state index in [2.05, 4.69) is 24.8 Å². The Morgan fingerprint density at radius 1 is 1.25 bits per heavy atom. The van der Waals surface area contributed by atoms with Gasteiger partial charge >= 0.3 is 12.0 Å². The standard InChI is InChI=1S/C13H21NO2/c1-3-5-7-8-9-12(13(15)16)11-14-10-6-4-2/h9H,3-8,10H2,1-2H3/p+1. The number of hydrogen-bond donors (Lipinski definition) is 1. The highest BCUT2D eigenvalue weighted by Gasteiger charge is 2.09. The fraction of sp³-hybridized carbons (Fsp3) is 0.692. The fourth-order valence-electron chi connectivity index (χ4n) is 1.20. The van der Waals surface area contributed by atoms with Crippen LogP contribution in [0.4, 0.5) is 0 Å². The molecule has 0 saturated heterocycles. The zero-order valence-corrected chi connectivity index (χ0v) is 10.3. The number of aliphatic carboxylic acids is 1. The van der Waals surface area contributed by atoms with Gasteiger partial charge in [-0.1, -0.05) is 37.6 Å². The Labute approximate surface area is 98.0 Å². The van der Waals surface area contributed by atoms with Crippen LogP contribution in [0.1, 0.15) is 52.4 Å². The number of carbonyl (C=O) groups is 1. The van der Waals surface area contributed by atoms with Crippen LogP contribution >= 0.6 is 0 Å².